The summed E-state index contributed by atoms with van der Waals surface area (Å²) in [4.78, 5) is 68.4. The van der Waals surface area contributed by atoms with Crippen LogP contribution in [-0.2, 0) is 30.4 Å². The van der Waals surface area contributed by atoms with Crippen LogP contribution in [0.15, 0.2) is 72.8 Å². The molecule has 12 nitrogen and oxygen atoms in total. The summed E-state index contributed by atoms with van der Waals surface area (Å²) in [5.74, 6) is -3.31. The molecule has 0 radical (unpaired) electrons. The van der Waals surface area contributed by atoms with Gasteiger partial charge in [0.15, 0.2) is 17.4 Å². The summed E-state index contributed by atoms with van der Waals surface area (Å²) in [6.07, 6.45) is -1.55. The van der Waals surface area contributed by atoms with E-state index in [9.17, 15) is 29.1 Å². The number of hydrogen-bond acceptors (Lipinski definition) is 8. The van der Waals surface area contributed by atoms with Gasteiger partial charge >= 0.3 is 0 Å². The number of rotatable bonds is 13. The number of carbonyl (C=O) groups excluding carboxylic acids is 5. The SMILES string of the molecule is CNC(=O)C[C@@](N)(C(=O)COc1cccc2ccccc12)C(=O)N[C@@H](Cc1ccccc1)[C@H](O)C(=O)N1CCC[C@H]1C(=O)NC(C)(C)C. The van der Waals surface area contributed by atoms with Gasteiger partial charge in [-0.2, -0.15) is 0 Å². The third-order valence-corrected chi connectivity index (χ3v) is 8.32. The number of fused-ring (bicyclic) bond motifs is 1. The van der Waals surface area contributed by atoms with Crippen molar-refractivity contribution in [2.45, 2.75) is 75.7 Å². The summed E-state index contributed by atoms with van der Waals surface area (Å²) in [7, 11) is 1.35. The van der Waals surface area contributed by atoms with Gasteiger partial charge in [0, 0.05) is 24.5 Å². The number of aliphatic hydroxyl groups is 1. The Hall–Kier alpha value is -4.81. The van der Waals surface area contributed by atoms with Crippen LogP contribution in [0.4, 0.5) is 0 Å². The summed E-state index contributed by atoms with van der Waals surface area (Å²) in [5.41, 5.74) is 4.20. The van der Waals surface area contributed by atoms with Gasteiger partial charge in [-0.25, -0.2) is 0 Å². The smallest absolute Gasteiger partial charge is 0.254 e. The van der Waals surface area contributed by atoms with Crippen LogP contribution in [0.1, 0.15) is 45.6 Å². The van der Waals surface area contributed by atoms with Crippen molar-refractivity contribution < 1.29 is 33.8 Å². The molecular formula is C36H45N5O7. The molecule has 4 amide bonds. The molecule has 0 saturated carbocycles. The fourth-order valence-electron chi connectivity index (χ4n) is 5.75. The Kier molecular flexibility index (Phi) is 11.6. The molecule has 0 unspecified atom stereocenters. The van der Waals surface area contributed by atoms with Gasteiger partial charge in [0.1, 0.15) is 18.4 Å². The zero-order valence-electron chi connectivity index (χ0n) is 27.8. The molecule has 256 valence electrons. The maximum Gasteiger partial charge on any atom is 0.254 e. The van der Waals surface area contributed by atoms with Gasteiger partial charge in [-0.05, 0) is 57.0 Å². The number of ether oxygens (including phenoxy) is 1. The van der Waals surface area contributed by atoms with Crippen LogP contribution in [0, 0.1) is 0 Å². The monoisotopic (exact) mass is 659 g/mol. The Balaban J connectivity index is 1.59. The number of amides is 4. The van der Waals surface area contributed by atoms with E-state index in [0.717, 1.165) is 10.8 Å². The van der Waals surface area contributed by atoms with E-state index in [4.69, 9.17) is 10.5 Å². The summed E-state index contributed by atoms with van der Waals surface area (Å²) >= 11 is 0. The van der Waals surface area contributed by atoms with Gasteiger partial charge in [0.05, 0.1) is 12.5 Å². The highest BCUT2D eigenvalue weighted by Crippen LogP contribution is 2.26. The van der Waals surface area contributed by atoms with Crippen LogP contribution in [0.3, 0.4) is 0 Å². The number of carbonyl (C=O) groups is 5. The largest absolute Gasteiger partial charge is 0.485 e. The summed E-state index contributed by atoms with van der Waals surface area (Å²) in [5, 5.41) is 21.0. The molecule has 4 atom stereocenters. The average molecular weight is 660 g/mol. The van der Waals surface area contributed by atoms with E-state index in [1.54, 1.807) is 42.5 Å². The normalized spacial score (nSPS) is 17.1. The second-order valence-corrected chi connectivity index (χ2v) is 13.2. The number of nitrogens with two attached hydrogens (primary N) is 1. The molecule has 1 aliphatic heterocycles. The molecule has 1 aliphatic rings. The van der Waals surface area contributed by atoms with Crippen LogP contribution in [-0.4, -0.2) is 88.9 Å². The molecule has 0 aliphatic carbocycles. The first-order chi connectivity index (χ1) is 22.7. The maximum atomic E-state index is 14.0. The fourth-order valence-corrected chi connectivity index (χ4v) is 5.75. The summed E-state index contributed by atoms with van der Waals surface area (Å²) < 4.78 is 5.83. The second-order valence-electron chi connectivity index (χ2n) is 13.2. The van der Waals surface area contributed by atoms with Crippen LogP contribution in [0.25, 0.3) is 10.8 Å². The van der Waals surface area contributed by atoms with E-state index in [0.29, 0.717) is 24.2 Å². The number of ketones is 1. The molecule has 0 aromatic heterocycles. The van der Waals surface area contributed by atoms with E-state index in [2.05, 4.69) is 16.0 Å². The molecule has 3 aromatic rings. The zero-order valence-corrected chi connectivity index (χ0v) is 27.8. The molecule has 6 N–H and O–H groups in total. The number of Topliss-reactive ketones (excluding diaryl/α,β-unsaturated/α-hetero) is 1. The lowest BCUT2D eigenvalue weighted by molar-refractivity contribution is -0.148. The molecule has 0 bridgehead atoms. The first kappa shape index (κ1) is 36.0. The highest BCUT2D eigenvalue weighted by Gasteiger charge is 2.46. The number of nitrogens with zero attached hydrogens (tertiary/aromatic N) is 1. The lowest BCUT2D eigenvalue weighted by Gasteiger charge is -2.33. The first-order valence-corrected chi connectivity index (χ1v) is 16.0. The number of aliphatic hydroxyl groups excluding tert-OH is 1. The minimum Gasteiger partial charge on any atom is -0.485 e. The topological polar surface area (TPSA) is 180 Å². The number of benzene rings is 3. The van der Waals surface area contributed by atoms with Gasteiger partial charge in [0.2, 0.25) is 17.7 Å². The molecule has 1 saturated heterocycles. The maximum absolute atomic E-state index is 14.0. The van der Waals surface area contributed by atoms with Crippen molar-refractivity contribution in [3.63, 3.8) is 0 Å². The van der Waals surface area contributed by atoms with Gasteiger partial charge in [-0.3, -0.25) is 24.0 Å². The Morgan fingerprint density at radius 2 is 1.65 bits per heavy atom. The third-order valence-electron chi connectivity index (χ3n) is 8.32. The highest BCUT2D eigenvalue weighted by atomic mass is 16.5. The van der Waals surface area contributed by atoms with E-state index >= 15 is 0 Å². The van der Waals surface area contributed by atoms with Crippen molar-refractivity contribution in [1.82, 2.24) is 20.9 Å². The molecule has 1 heterocycles. The Bertz CT molecular complexity index is 1640. The van der Waals surface area contributed by atoms with Crippen LogP contribution >= 0.6 is 0 Å². The molecule has 12 heteroatoms. The lowest BCUT2D eigenvalue weighted by atomic mass is 9.88. The molecule has 4 rings (SSSR count). The Labute approximate surface area is 280 Å². The standard InChI is InChI=1S/C36H45N5O7/c1-35(2,3)40-32(45)27-17-11-19-41(27)33(46)31(44)26(20-23-12-6-5-7-13-23)39-34(47)36(37,21-30(43)38-4)29(42)22-48-28-18-10-15-24-14-8-9-16-25(24)28/h5-10,12-16,18,26-27,31,44H,11,17,19-22,37H2,1-4H3,(H,38,43)(H,39,47)(H,40,45)/t26-,27-,31-,36+/m0/s1. The van der Waals surface area contributed by atoms with Crippen molar-refractivity contribution in [1.29, 1.82) is 0 Å². The van der Waals surface area contributed by atoms with Crippen LogP contribution < -0.4 is 26.4 Å². The summed E-state index contributed by atoms with van der Waals surface area (Å²) in [6.45, 7) is 5.11. The Morgan fingerprint density at radius 3 is 2.33 bits per heavy atom. The van der Waals surface area contributed by atoms with Gasteiger partial charge in [-0.15, -0.1) is 0 Å². The fraction of sp³-hybridized carbons (Fsp3) is 0.417. The average Bonchev–Trinajstić information content (AvgIpc) is 3.56. The van der Waals surface area contributed by atoms with Crippen molar-refractivity contribution in [3.8, 4) is 5.75 Å². The zero-order chi connectivity index (χ0) is 35.1. The minimum absolute atomic E-state index is 0.0110. The first-order valence-electron chi connectivity index (χ1n) is 16.0. The van der Waals surface area contributed by atoms with Crippen molar-refractivity contribution >= 4 is 40.2 Å². The summed E-state index contributed by atoms with van der Waals surface area (Å²) in [6, 6.07) is 19.5. The second kappa shape index (κ2) is 15.4. The predicted molar refractivity (Wildman–Crippen MR) is 181 cm³/mol. The Morgan fingerprint density at radius 1 is 0.979 bits per heavy atom. The molecule has 0 spiro atoms. The van der Waals surface area contributed by atoms with Gasteiger partial charge < -0.3 is 36.4 Å². The van der Waals surface area contributed by atoms with E-state index in [1.807, 2.05) is 51.1 Å². The highest BCUT2D eigenvalue weighted by molar-refractivity contribution is 6.13. The molecule has 3 aromatic carbocycles. The van der Waals surface area contributed by atoms with Crippen LogP contribution in [0.2, 0.25) is 0 Å². The quantitative estimate of drug-likeness (QED) is 0.172. The number of nitrogens with one attached hydrogen (secondary N) is 3. The van der Waals surface area contributed by atoms with Crippen molar-refractivity contribution in [3.05, 3.63) is 78.4 Å². The molecular weight excluding hydrogens is 614 g/mol. The molecule has 1 fully saturated rings. The van der Waals surface area contributed by atoms with E-state index < -0.39 is 65.8 Å². The number of likely N-dealkylation sites (tertiary alicyclic amines) is 1. The van der Waals surface area contributed by atoms with Crippen molar-refractivity contribution in [2.24, 2.45) is 5.73 Å². The van der Waals surface area contributed by atoms with Gasteiger partial charge in [0.25, 0.3) is 5.91 Å². The predicted octanol–water partition coefficient (Wildman–Crippen LogP) is 1.62. The molecule has 48 heavy (non-hydrogen) atoms. The van der Waals surface area contributed by atoms with Gasteiger partial charge in [-0.1, -0.05) is 66.7 Å². The number of hydrogen-bond donors (Lipinski definition) is 5. The minimum atomic E-state index is -2.41. The van der Waals surface area contributed by atoms with Crippen LogP contribution in [0.5, 0.6) is 5.75 Å². The van der Waals surface area contributed by atoms with Crippen molar-refractivity contribution in [2.75, 3.05) is 20.2 Å². The lowest BCUT2D eigenvalue weighted by Crippen LogP contribution is -2.66. The third kappa shape index (κ3) is 8.75. The van der Waals surface area contributed by atoms with E-state index in [1.165, 1.54) is 11.9 Å². The van der Waals surface area contributed by atoms with E-state index in [-0.39, 0.29) is 18.9 Å².